The molecule has 20 heavy (non-hydrogen) atoms. The smallest absolute Gasteiger partial charge is 0.232 e. The van der Waals surface area contributed by atoms with Crippen LogP contribution in [0.1, 0.15) is 33.3 Å². The maximum Gasteiger partial charge on any atom is 0.232 e. The molecule has 0 unspecified atom stereocenters. The highest BCUT2D eigenvalue weighted by molar-refractivity contribution is 8.00. The Bertz CT molecular complexity index is 432. The van der Waals surface area contributed by atoms with Gasteiger partial charge >= 0.3 is 0 Å². The van der Waals surface area contributed by atoms with Crippen LogP contribution in [-0.4, -0.2) is 35.7 Å². The quantitative estimate of drug-likeness (QED) is 0.784. The summed E-state index contributed by atoms with van der Waals surface area (Å²) >= 11 is 1.60. The molecule has 112 valence electrons. The third-order valence-corrected chi connectivity index (χ3v) is 4.12. The third kappa shape index (κ3) is 5.97. The Kier molecular flexibility index (Phi) is 7.10. The van der Waals surface area contributed by atoms with E-state index in [4.69, 9.17) is 0 Å². The molecule has 0 bridgehead atoms. The minimum atomic E-state index is 0.177. The van der Waals surface area contributed by atoms with Gasteiger partial charge in [0.05, 0.1) is 5.75 Å². The summed E-state index contributed by atoms with van der Waals surface area (Å²) in [5.74, 6) is 0.672. The molecule has 0 aliphatic carbocycles. The van der Waals surface area contributed by atoms with Crippen molar-refractivity contribution in [2.75, 3.05) is 12.8 Å². The van der Waals surface area contributed by atoms with Gasteiger partial charge in [-0.3, -0.25) is 4.79 Å². The third-order valence-electron chi connectivity index (χ3n) is 3.14. The standard InChI is InChI=1S/C16H26N2OS/c1-12(2)17-10-14-7-6-8-15(9-14)20-11-16(19)18(5)13(3)4/h6-9,12-13,17H,10-11H2,1-5H3. The Labute approximate surface area is 127 Å². The summed E-state index contributed by atoms with van der Waals surface area (Å²) in [7, 11) is 1.86. The number of nitrogens with one attached hydrogen (secondary N) is 1. The van der Waals surface area contributed by atoms with Gasteiger partial charge in [-0.2, -0.15) is 0 Å². The van der Waals surface area contributed by atoms with Crippen molar-refractivity contribution >= 4 is 17.7 Å². The summed E-state index contributed by atoms with van der Waals surface area (Å²) in [5, 5.41) is 3.40. The lowest BCUT2D eigenvalue weighted by atomic mass is 10.2. The first-order chi connectivity index (χ1) is 9.40. The molecule has 1 aromatic rings. The van der Waals surface area contributed by atoms with E-state index in [9.17, 15) is 4.79 Å². The van der Waals surface area contributed by atoms with Gasteiger partial charge in [-0.15, -0.1) is 11.8 Å². The number of amides is 1. The molecule has 1 rings (SSSR count). The Hall–Kier alpha value is -1.00. The average molecular weight is 294 g/mol. The van der Waals surface area contributed by atoms with Gasteiger partial charge in [0.1, 0.15) is 0 Å². The fourth-order valence-corrected chi connectivity index (χ4v) is 2.51. The number of thioether (sulfide) groups is 1. The van der Waals surface area contributed by atoms with Crippen molar-refractivity contribution in [3.63, 3.8) is 0 Å². The Morgan fingerprint density at radius 3 is 2.60 bits per heavy atom. The first kappa shape index (κ1) is 17.1. The van der Waals surface area contributed by atoms with Crippen molar-refractivity contribution in [2.24, 2.45) is 0 Å². The van der Waals surface area contributed by atoms with E-state index < -0.39 is 0 Å². The molecule has 0 fully saturated rings. The van der Waals surface area contributed by atoms with E-state index in [1.165, 1.54) is 5.56 Å². The number of rotatable bonds is 7. The molecule has 0 aromatic heterocycles. The van der Waals surface area contributed by atoms with Gasteiger partial charge in [0.25, 0.3) is 0 Å². The second-order valence-corrected chi connectivity index (χ2v) is 6.62. The molecule has 0 saturated heterocycles. The highest BCUT2D eigenvalue weighted by atomic mass is 32.2. The van der Waals surface area contributed by atoms with E-state index in [0.717, 1.165) is 11.4 Å². The molecule has 1 amide bonds. The van der Waals surface area contributed by atoms with Gasteiger partial charge in [-0.25, -0.2) is 0 Å². The van der Waals surface area contributed by atoms with Crippen LogP contribution in [0.3, 0.4) is 0 Å². The number of hydrogen-bond donors (Lipinski definition) is 1. The maximum atomic E-state index is 12.0. The largest absolute Gasteiger partial charge is 0.343 e. The monoisotopic (exact) mass is 294 g/mol. The molecule has 1 aromatic carbocycles. The first-order valence-electron chi connectivity index (χ1n) is 7.11. The molecule has 1 N–H and O–H groups in total. The topological polar surface area (TPSA) is 32.3 Å². The zero-order valence-corrected chi connectivity index (χ0v) is 14.0. The van der Waals surface area contributed by atoms with Crippen LogP contribution in [0, 0.1) is 0 Å². The van der Waals surface area contributed by atoms with Crippen molar-refractivity contribution in [1.82, 2.24) is 10.2 Å². The van der Waals surface area contributed by atoms with Crippen molar-refractivity contribution in [1.29, 1.82) is 0 Å². The molecule has 0 aliphatic heterocycles. The van der Waals surface area contributed by atoms with E-state index in [0.29, 0.717) is 11.8 Å². The van der Waals surface area contributed by atoms with Gasteiger partial charge in [-0.1, -0.05) is 26.0 Å². The van der Waals surface area contributed by atoms with Crippen LogP contribution in [0.2, 0.25) is 0 Å². The van der Waals surface area contributed by atoms with Crippen LogP contribution in [-0.2, 0) is 11.3 Å². The molecule has 0 aliphatic rings. The van der Waals surface area contributed by atoms with Crippen molar-refractivity contribution in [2.45, 2.75) is 51.2 Å². The SMILES string of the molecule is CC(C)NCc1cccc(SCC(=O)N(C)C(C)C)c1. The van der Waals surface area contributed by atoms with Crippen LogP contribution in [0.4, 0.5) is 0 Å². The van der Waals surface area contributed by atoms with Crippen LogP contribution >= 0.6 is 11.8 Å². The second kappa shape index (κ2) is 8.32. The molecular weight excluding hydrogens is 268 g/mol. The predicted octanol–water partition coefficient (Wildman–Crippen LogP) is 3.14. The summed E-state index contributed by atoms with van der Waals surface area (Å²) in [5.41, 5.74) is 1.26. The molecular formula is C16H26N2OS. The number of carbonyl (C=O) groups excluding carboxylic acids is 1. The lowest BCUT2D eigenvalue weighted by Gasteiger charge is -2.21. The minimum absolute atomic E-state index is 0.177. The van der Waals surface area contributed by atoms with E-state index in [1.807, 2.05) is 20.9 Å². The fourth-order valence-electron chi connectivity index (χ4n) is 1.60. The summed E-state index contributed by atoms with van der Waals surface area (Å²) in [6.45, 7) is 9.20. The zero-order valence-electron chi connectivity index (χ0n) is 13.1. The van der Waals surface area contributed by atoms with E-state index >= 15 is 0 Å². The molecule has 0 radical (unpaired) electrons. The normalized spacial score (nSPS) is 11.2. The molecule has 4 heteroatoms. The molecule has 3 nitrogen and oxygen atoms in total. The summed E-state index contributed by atoms with van der Waals surface area (Å²) in [6, 6.07) is 9.12. The molecule has 0 spiro atoms. The van der Waals surface area contributed by atoms with E-state index in [2.05, 4.69) is 43.4 Å². The van der Waals surface area contributed by atoms with Gasteiger partial charge < -0.3 is 10.2 Å². The van der Waals surface area contributed by atoms with Gasteiger partial charge in [0.2, 0.25) is 5.91 Å². The first-order valence-corrected chi connectivity index (χ1v) is 8.09. The van der Waals surface area contributed by atoms with Crippen molar-refractivity contribution in [3.8, 4) is 0 Å². The number of benzene rings is 1. The van der Waals surface area contributed by atoms with Gasteiger partial charge in [0.15, 0.2) is 0 Å². The maximum absolute atomic E-state index is 12.0. The van der Waals surface area contributed by atoms with Gasteiger partial charge in [-0.05, 0) is 31.5 Å². The fraction of sp³-hybridized carbons (Fsp3) is 0.562. The highest BCUT2D eigenvalue weighted by Crippen LogP contribution is 2.20. The van der Waals surface area contributed by atoms with Crippen LogP contribution in [0.5, 0.6) is 0 Å². The molecule has 0 heterocycles. The Morgan fingerprint density at radius 2 is 2.00 bits per heavy atom. The van der Waals surface area contributed by atoms with Crippen LogP contribution in [0.25, 0.3) is 0 Å². The lowest BCUT2D eigenvalue weighted by Crippen LogP contribution is -2.34. The Balaban J connectivity index is 2.52. The molecule has 0 saturated carbocycles. The number of carbonyl (C=O) groups is 1. The summed E-state index contributed by atoms with van der Waals surface area (Å²) < 4.78 is 0. The molecule has 0 atom stereocenters. The zero-order chi connectivity index (χ0) is 15.1. The van der Waals surface area contributed by atoms with E-state index in [1.54, 1.807) is 16.7 Å². The van der Waals surface area contributed by atoms with Crippen LogP contribution < -0.4 is 5.32 Å². The summed E-state index contributed by atoms with van der Waals surface area (Å²) in [6.07, 6.45) is 0. The number of hydrogen-bond acceptors (Lipinski definition) is 3. The second-order valence-electron chi connectivity index (χ2n) is 5.57. The Morgan fingerprint density at radius 1 is 1.30 bits per heavy atom. The predicted molar refractivity (Wildman–Crippen MR) is 87.0 cm³/mol. The van der Waals surface area contributed by atoms with Gasteiger partial charge in [0, 0.05) is 30.6 Å². The van der Waals surface area contributed by atoms with Crippen molar-refractivity contribution < 1.29 is 4.79 Å². The summed E-state index contributed by atoms with van der Waals surface area (Å²) in [4.78, 5) is 14.9. The average Bonchev–Trinajstić information content (AvgIpc) is 2.42. The van der Waals surface area contributed by atoms with Crippen molar-refractivity contribution in [3.05, 3.63) is 29.8 Å². The lowest BCUT2D eigenvalue weighted by molar-refractivity contribution is -0.128. The van der Waals surface area contributed by atoms with E-state index in [-0.39, 0.29) is 11.9 Å². The van der Waals surface area contributed by atoms with Crippen LogP contribution in [0.15, 0.2) is 29.2 Å². The number of nitrogens with zero attached hydrogens (tertiary/aromatic N) is 1. The minimum Gasteiger partial charge on any atom is -0.343 e. The highest BCUT2D eigenvalue weighted by Gasteiger charge is 2.12.